The molecule has 9 heteroatoms. The maximum Gasteiger partial charge on any atom is 0.407 e. The first kappa shape index (κ1) is 27.0. The molecule has 4 N–H and O–H groups in total. The Kier molecular flexibility index (Phi) is 15.4. The molecule has 154 valence electrons. The van der Waals surface area contributed by atoms with E-state index in [1.54, 1.807) is 0 Å². The lowest BCUT2D eigenvalue weighted by atomic mass is 10.2. The lowest BCUT2D eigenvalue weighted by Crippen LogP contribution is -2.42. The molecule has 8 nitrogen and oxygen atoms in total. The van der Waals surface area contributed by atoms with Crippen molar-refractivity contribution in [2.24, 2.45) is 10.9 Å². The molecule has 0 atom stereocenters. The number of nitrogens with zero attached hydrogens (tertiary/aromatic N) is 1. The number of hydrogen-bond donors (Lipinski definition) is 4. The normalized spacial score (nSPS) is 11.4. The fourth-order valence-electron chi connectivity index (χ4n) is 1.69. The molecular weight excluding hydrogens is 449 g/mol. The molecule has 0 unspecified atom stereocenters. The minimum Gasteiger partial charge on any atom is -0.444 e. The molecule has 0 aliphatic heterocycles. The third kappa shape index (κ3) is 16.2. The van der Waals surface area contributed by atoms with Gasteiger partial charge in [-0.05, 0) is 34.1 Å². The van der Waals surface area contributed by atoms with Gasteiger partial charge in [-0.2, -0.15) is 0 Å². The summed E-state index contributed by atoms with van der Waals surface area (Å²) in [5.41, 5.74) is -0.491. The van der Waals surface area contributed by atoms with E-state index in [-0.39, 0.29) is 35.8 Å². The van der Waals surface area contributed by atoms with Crippen molar-refractivity contribution in [1.29, 1.82) is 0 Å². The van der Waals surface area contributed by atoms with Gasteiger partial charge in [-0.1, -0.05) is 13.8 Å². The standard InChI is InChI=1S/C17H35N5O3.HI/c1-7-18-15(21-12-11-19-14(23)13(2)3)20-9-8-10-22-16(24)25-17(4,5)6;/h13H,7-12H2,1-6H3,(H,19,23)(H,22,24)(H2,18,20,21);1H. The Morgan fingerprint density at radius 1 is 1.00 bits per heavy atom. The van der Waals surface area contributed by atoms with E-state index < -0.39 is 11.7 Å². The van der Waals surface area contributed by atoms with Crippen LogP contribution in [0.2, 0.25) is 0 Å². The summed E-state index contributed by atoms with van der Waals surface area (Å²) in [4.78, 5) is 27.4. The van der Waals surface area contributed by atoms with Crippen LogP contribution >= 0.6 is 24.0 Å². The Morgan fingerprint density at radius 3 is 2.15 bits per heavy atom. The van der Waals surface area contributed by atoms with Gasteiger partial charge in [-0.15, -0.1) is 24.0 Å². The number of carbonyl (C=O) groups excluding carboxylic acids is 2. The molecular formula is C17H36IN5O3. The lowest BCUT2D eigenvalue weighted by Gasteiger charge is -2.19. The highest BCUT2D eigenvalue weighted by atomic mass is 127. The fourth-order valence-corrected chi connectivity index (χ4v) is 1.69. The number of amides is 2. The molecule has 0 spiro atoms. The second-order valence-corrected chi connectivity index (χ2v) is 6.92. The molecule has 0 fully saturated rings. The largest absolute Gasteiger partial charge is 0.444 e. The van der Waals surface area contributed by atoms with Crippen LogP contribution in [0.3, 0.4) is 0 Å². The van der Waals surface area contributed by atoms with Gasteiger partial charge in [0.1, 0.15) is 5.60 Å². The van der Waals surface area contributed by atoms with Crippen LogP contribution in [0.4, 0.5) is 4.79 Å². The van der Waals surface area contributed by atoms with Crippen molar-refractivity contribution in [3.05, 3.63) is 0 Å². The van der Waals surface area contributed by atoms with Crippen LogP contribution in [-0.2, 0) is 9.53 Å². The van der Waals surface area contributed by atoms with Crippen LogP contribution in [0.5, 0.6) is 0 Å². The Morgan fingerprint density at radius 2 is 1.62 bits per heavy atom. The number of rotatable bonds is 9. The quantitative estimate of drug-likeness (QED) is 0.173. The van der Waals surface area contributed by atoms with E-state index in [0.717, 1.165) is 6.54 Å². The van der Waals surface area contributed by atoms with Crippen molar-refractivity contribution in [3.63, 3.8) is 0 Å². The molecule has 0 heterocycles. The van der Waals surface area contributed by atoms with Crippen molar-refractivity contribution in [3.8, 4) is 0 Å². The van der Waals surface area contributed by atoms with Crippen LogP contribution in [0, 0.1) is 5.92 Å². The second kappa shape index (κ2) is 14.9. The van der Waals surface area contributed by atoms with Gasteiger partial charge in [0.25, 0.3) is 0 Å². The molecule has 0 aliphatic carbocycles. The lowest BCUT2D eigenvalue weighted by molar-refractivity contribution is -0.123. The SMILES string of the molecule is CCNC(=NCCCNC(=O)OC(C)(C)C)NCCNC(=O)C(C)C.I. The van der Waals surface area contributed by atoms with Gasteiger partial charge in [0, 0.05) is 38.6 Å². The minimum absolute atomic E-state index is 0. The van der Waals surface area contributed by atoms with Crippen molar-refractivity contribution in [1.82, 2.24) is 21.3 Å². The van der Waals surface area contributed by atoms with E-state index in [4.69, 9.17) is 4.74 Å². The zero-order chi connectivity index (χ0) is 19.3. The van der Waals surface area contributed by atoms with E-state index in [2.05, 4.69) is 26.3 Å². The molecule has 26 heavy (non-hydrogen) atoms. The van der Waals surface area contributed by atoms with Gasteiger partial charge in [-0.3, -0.25) is 9.79 Å². The Labute approximate surface area is 174 Å². The molecule has 0 saturated heterocycles. The molecule has 0 aromatic heterocycles. The smallest absolute Gasteiger partial charge is 0.407 e. The number of carbonyl (C=O) groups is 2. The zero-order valence-electron chi connectivity index (χ0n) is 16.9. The average Bonchev–Trinajstić information content (AvgIpc) is 2.48. The van der Waals surface area contributed by atoms with Crippen LogP contribution in [0.25, 0.3) is 0 Å². The van der Waals surface area contributed by atoms with E-state index in [1.165, 1.54) is 0 Å². The molecule has 2 amide bonds. The predicted molar refractivity (Wildman–Crippen MR) is 116 cm³/mol. The van der Waals surface area contributed by atoms with E-state index >= 15 is 0 Å². The number of aliphatic imine (C=N–C) groups is 1. The van der Waals surface area contributed by atoms with Crippen LogP contribution < -0.4 is 21.3 Å². The van der Waals surface area contributed by atoms with Crippen LogP contribution in [-0.4, -0.2) is 56.3 Å². The first-order valence-corrected chi connectivity index (χ1v) is 8.92. The second-order valence-electron chi connectivity index (χ2n) is 6.92. The monoisotopic (exact) mass is 485 g/mol. The third-order valence-corrected chi connectivity index (χ3v) is 2.86. The number of nitrogens with one attached hydrogen (secondary N) is 4. The number of halogens is 1. The van der Waals surface area contributed by atoms with E-state index in [1.807, 2.05) is 41.5 Å². The average molecular weight is 485 g/mol. The summed E-state index contributed by atoms with van der Waals surface area (Å²) < 4.78 is 5.16. The summed E-state index contributed by atoms with van der Waals surface area (Å²) in [6.45, 7) is 14.2. The summed E-state index contributed by atoms with van der Waals surface area (Å²) in [5.74, 6) is 0.717. The molecule has 0 aromatic rings. The molecule has 0 radical (unpaired) electrons. The Balaban J connectivity index is 0. The maximum atomic E-state index is 11.5. The van der Waals surface area contributed by atoms with Gasteiger partial charge in [0.2, 0.25) is 5.91 Å². The third-order valence-electron chi connectivity index (χ3n) is 2.86. The molecule has 0 rings (SSSR count). The zero-order valence-corrected chi connectivity index (χ0v) is 19.2. The molecule has 0 aliphatic rings. The summed E-state index contributed by atoms with van der Waals surface area (Å²) >= 11 is 0. The first-order chi connectivity index (χ1) is 11.7. The number of ether oxygens (including phenoxy) is 1. The molecule has 0 bridgehead atoms. The van der Waals surface area contributed by atoms with Crippen LogP contribution in [0.15, 0.2) is 4.99 Å². The highest BCUT2D eigenvalue weighted by Crippen LogP contribution is 2.06. The maximum absolute atomic E-state index is 11.5. The van der Waals surface area contributed by atoms with Gasteiger partial charge in [0.05, 0.1) is 0 Å². The van der Waals surface area contributed by atoms with Gasteiger partial charge < -0.3 is 26.0 Å². The van der Waals surface area contributed by atoms with Crippen molar-refractivity contribution in [2.45, 2.75) is 53.6 Å². The van der Waals surface area contributed by atoms with E-state index in [9.17, 15) is 9.59 Å². The topological polar surface area (TPSA) is 104 Å². The van der Waals surface area contributed by atoms with Crippen molar-refractivity contribution >= 4 is 41.9 Å². The number of alkyl carbamates (subject to hydrolysis) is 1. The Bertz CT molecular complexity index is 437. The Hall–Kier alpha value is -1.26. The highest BCUT2D eigenvalue weighted by molar-refractivity contribution is 14.0. The van der Waals surface area contributed by atoms with E-state index in [0.29, 0.717) is 38.6 Å². The predicted octanol–water partition coefficient (Wildman–Crippen LogP) is 1.85. The summed E-state index contributed by atoms with van der Waals surface area (Å²) in [7, 11) is 0. The van der Waals surface area contributed by atoms with Crippen molar-refractivity contribution < 1.29 is 14.3 Å². The van der Waals surface area contributed by atoms with Gasteiger partial charge in [-0.25, -0.2) is 4.79 Å². The number of guanidine groups is 1. The fraction of sp³-hybridized carbons (Fsp3) is 0.824. The number of hydrogen-bond acceptors (Lipinski definition) is 4. The summed E-state index contributed by atoms with van der Waals surface area (Å²) in [6, 6.07) is 0. The minimum atomic E-state index is -0.491. The summed E-state index contributed by atoms with van der Waals surface area (Å²) in [6.07, 6.45) is 0.294. The summed E-state index contributed by atoms with van der Waals surface area (Å²) in [5, 5.41) is 11.8. The molecule has 0 saturated carbocycles. The highest BCUT2D eigenvalue weighted by Gasteiger charge is 2.15. The van der Waals surface area contributed by atoms with Gasteiger partial charge >= 0.3 is 6.09 Å². The van der Waals surface area contributed by atoms with Gasteiger partial charge in [0.15, 0.2) is 5.96 Å². The first-order valence-electron chi connectivity index (χ1n) is 8.92. The van der Waals surface area contributed by atoms with Crippen molar-refractivity contribution in [2.75, 3.05) is 32.7 Å². The van der Waals surface area contributed by atoms with Crippen LogP contribution in [0.1, 0.15) is 48.0 Å². The molecule has 0 aromatic carbocycles.